The highest BCUT2D eigenvalue weighted by molar-refractivity contribution is 5.92. The van der Waals surface area contributed by atoms with E-state index in [4.69, 9.17) is 5.73 Å². The standard InChI is InChI=1S/C14H14FN3O/c1-9(10-2-4-11(15)5-3-10)18-14(19)13-7-6-12(16)8-17-13/h2-9H,16H2,1H3,(H,18,19)/t9-/m1/s1. The maximum Gasteiger partial charge on any atom is 0.270 e. The zero-order valence-corrected chi connectivity index (χ0v) is 10.4. The fourth-order valence-electron chi connectivity index (χ4n) is 1.64. The maximum atomic E-state index is 12.8. The highest BCUT2D eigenvalue weighted by atomic mass is 19.1. The van der Waals surface area contributed by atoms with Crippen LogP contribution < -0.4 is 11.1 Å². The Morgan fingerprint density at radius 3 is 2.53 bits per heavy atom. The van der Waals surface area contributed by atoms with E-state index in [2.05, 4.69) is 10.3 Å². The number of hydrogen-bond donors (Lipinski definition) is 2. The monoisotopic (exact) mass is 259 g/mol. The molecule has 0 radical (unpaired) electrons. The van der Waals surface area contributed by atoms with Gasteiger partial charge in [0.1, 0.15) is 11.5 Å². The molecule has 2 rings (SSSR count). The van der Waals surface area contributed by atoms with Gasteiger partial charge in [0.25, 0.3) is 5.91 Å². The van der Waals surface area contributed by atoms with Crippen molar-refractivity contribution in [1.82, 2.24) is 10.3 Å². The first kappa shape index (κ1) is 13.0. The number of carbonyl (C=O) groups is 1. The van der Waals surface area contributed by atoms with Crippen LogP contribution in [0, 0.1) is 5.82 Å². The molecule has 0 saturated heterocycles. The van der Waals surface area contributed by atoms with E-state index in [1.807, 2.05) is 6.92 Å². The Kier molecular flexibility index (Phi) is 3.75. The highest BCUT2D eigenvalue weighted by Gasteiger charge is 2.12. The van der Waals surface area contributed by atoms with E-state index in [1.165, 1.54) is 18.3 Å². The van der Waals surface area contributed by atoms with Crippen molar-refractivity contribution in [3.05, 3.63) is 59.7 Å². The number of aromatic nitrogens is 1. The number of amides is 1. The first-order valence-corrected chi connectivity index (χ1v) is 5.84. The molecule has 0 unspecified atom stereocenters. The number of pyridine rings is 1. The minimum atomic E-state index is -0.303. The van der Waals surface area contributed by atoms with Crippen LogP contribution in [0.2, 0.25) is 0 Å². The Morgan fingerprint density at radius 1 is 1.26 bits per heavy atom. The maximum absolute atomic E-state index is 12.8. The van der Waals surface area contributed by atoms with Crippen molar-refractivity contribution in [1.29, 1.82) is 0 Å². The average molecular weight is 259 g/mol. The largest absolute Gasteiger partial charge is 0.397 e. The third kappa shape index (κ3) is 3.28. The fourth-order valence-corrected chi connectivity index (χ4v) is 1.64. The number of benzene rings is 1. The van der Waals surface area contributed by atoms with Crippen LogP contribution in [0.4, 0.5) is 10.1 Å². The molecule has 5 heteroatoms. The van der Waals surface area contributed by atoms with Crippen LogP contribution in [0.15, 0.2) is 42.6 Å². The zero-order valence-electron chi connectivity index (χ0n) is 10.4. The lowest BCUT2D eigenvalue weighted by atomic mass is 10.1. The lowest BCUT2D eigenvalue weighted by Gasteiger charge is -2.14. The van der Waals surface area contributed by atoms with E-state index in [0.717, 1.165) is 5.56 Å². The molecule has 0 spiro atoms. The van der Waals surface area contributed by atoms with E-state index in [0.29, 0.717) is 11.4 Å². The van der Waals surface area contributed by atoms with Gasteiger partial charge in [0.2, 0.25) is 0 Å². The van der Waals surface area contributed by atoms with Crippen LogP contribution in [0.5, 0.6) is 0 Å². The Labute approximate surface area is 110 Å². The van der Waals surface area contributed by atoms with Crippen molar-refractivity contribution < 1.29 is 9.18 Å². The van der Waals surface area contributed by atoms with Gasteiger partial charge < -0.3 is 11.1 Å². The number of halogens is 1. The molecule has 1 aromatic carbocycles. The zero-order chi connectivity index (χ0) is 13.8. The first-order valence-electron chi connectivity index (χ1n) is 5.84. The van der Waals surface area contributed by atoms with Gasteiger partial charge in [-0.1, -0.05) is 12.1 Å². The van der Waals surface area contributed by atoms with Crippen LogP contribution in [-0.2, 0) is 0 Å². The summed E-state index contributed by atoms with van der Waals surface area (Å²) in [5.41, 5.74) is 7.13. The topological polar surface area (TPSA) is 68.0 Å². The molecular formula is C14H14FN3O. The summed E-state index contributed by atoms with van der Waals surface area (Å²) in [7, 11) is 0. The van der Waals surface area contributed by atoms with Crippen molar-refractivity contribution in [2.45, 2.75) is 13.0 Å². The molecule has 0 aliphatic carbocycles. The van der Waals surface area contributed by atoms with Crippen LogP contribution in [0.3, 0.4) is 0 Å². The molecule has 98 valence electrons. The van der Waals surface area contributed by atoms with Crippen molar-refractivity contribution in [3.63, 3.8) is 0 Å². The molecule has 0 fully saturated rings. The average Bonchev–Trinajstić information content (AvgIpc) is 2.40. The smallest absolute Gasteiger partial charge is 0.270 e. The number of hydrogen-bond acceptors (Lipinski definition) is 3. The van der Waals surface area contributed by atoms with Crippen LogP contribution in [0.25, 0.3) is 0 Å². The van der Waals surface area contributed by atoms with Gasteiger partial charge in [0.15, 0.2) is 0 Å². The summed E-state index contributed by atoms with van der Waals surface area (Å²) in [5.74, 6) is -0.598. The number of nitrogens with zero attached hydrogens (tertiary/aromatic N) is 1. The van der Waals surface area contributed by atoms with Crippen molar-refractivity contribution in [2.24, 2.45) is 0 Å². The van der Waals surface area contributed by atoms with E-state index >= 15 is 0 Å². The van der Waals surface area contributed by atoms with Crippen LogP contribution >= 0.6 is 0 Å². The molecule has 0 bridgehead atoms. The molecule has 4 nitrogen and oxygen atoms in total. The van der Waals surface area contributed by atoms with Crippen molar-refractivity contribution in [3.8, 4) is 0 Å². The summed E-state index contributed by atoms with van der Waals surface area (Å²) in [4.78, 5) is 15.9. The predicted molar refractivity (Wildman–Crippen MR) is 70.9 cm³/mol. The van der Waals surface area contributed by atoms with Crippen LogP contribution in [0.1, 0.15) is 29.0 Å². The van der Waals surface area contributed by atoms with Gasteiger partial charge >= 0.3 is 0 Å². The minimum absolute atomic E-state index is 0.229. The second-order valence-corrected chi connectivity index (χ2v) is 4.22. The number of rotatable bonds is 3. The fraction of sp³-hybridized carbons (Fsp3) is 0.143. The molecule has 0 aliphatic rings. The molecule has 19 heavy (non-hydrogen) atoms. The SMILES string of the molecule is C[C@@H](NC(=O)c1ccc(N)cn1)c1ccc(F)cc1. The van der Waals surface area contributed by atoms with Gasteiger partial charge in [-0.05, 0) is 36.8 Å². The lowest BCUT2D eigenvalue weighted by Crippen LogP contribution is -2.27. The third-order valence-corrected chi connectivity index (χ3v) is 2.74. The number of nitrogens with one attached hydrogen (secondary N) is 1. The van der Waals surface area contributed by atoms with Crippen molar-refractivity contribution in [2.75, 3.05) is 5.73 Å². The van der Waals surface area contributed by atoms with Gasteiger partial charge in [-0.2, -0.15) is 0 Å². The minimum Gasteiger partial charge on any atom is -0.397 e. The number of anilines is 1. The second-order valence-electron chi connectivity index (χ2n) is 4.22. The van der Waals surface area contributed by atoms with E-state index in [-0.39, 0.29) is 17.8 Å². The van der Waals surface area contributed by atoms with Gasteiger partial charge in [-0.25, -0.2) is 9.37 Å². The van der Waals surface area contributed by atoms with Crippen molar-refractivity contribution >= 4 is 11.6 Å². The number of carbonyl (C=O) groups excluding carboxylic acids is 1. The van der Waals surface area contributed by atoms with Crippen LogP contribution in [-0.4, -0.2) is 10.9 Å². The predicted octanol–water partition coefficient (Wildman–Crippen LogP) is 2.29. The number of nitrogen functional groups attached to an aromatic ring is 1. The summed E-state index contributed by atoms with van der Waals surface area (Å²) >= 11 is 0. The Bertz CT molecular complexity index is 566. The Balaban J connectivity index is 2.06. The Morgan fingerprint density at radius 2 is 1.95 bits per heavy atom. The second kappa shape index (κ2) is 5.48. The number of nitrogens with two attached hydrogens (primary N) is 1. The molecule has 3 N–H and O–H groups in total. The Hall–Kier alpha value is -2.43. The van der Waals surface area contributed by atoms with E-state index in [1.54, 1.807) is 24.3 Å². The summed E-state index contributed by atoms with van der Waals surface area (Å²) in [6.07, 6.45) is 1.43. The summed E-state index contributed by atoms with van der Waals surface area (Å²) in [5, 5.41) is 2.79. The summed E-state index contributed by atoms with van der Waals surface area (Å²) in [6, 6.07) is 8.94. The quantitative estimate of drug-likeness (QED) is 0.888. The van der Waals surface area contributed by atoms with Gasteiger partial charge in [-0.15, -0.1) is 0 Å². The normalized spacial score (nSPS) is 11.9. The summed E-state index contributed by atoms with van der Waals surface area (Å²) < 4.78 is 12.8. The third-order valence-electron chi connectivity index (χ3n) is 2.74. The molecule has 1 amide bonds. The highest BCUT2D eigenvalue weighted by Crippen LogP contribution is 2.13. The molecular weight excluding hydrogens is 245 g/mol. The molecule has 2 aromatic rings. The summed E-state index contributed by atoms with van der Waals surface area (Å²) in [6.45, 7) is 1.82. The lowest BCUT2D eigenvalue weighted by molar-refractivity contribution is 0.0935. The molecule has 1 aromatic heterocycles. The van der Waals surface area contributed by atoms with Gasteiger partial charge in [-0.3, -0.25) is 4.79 Å². The van der Waals surface area contributed by atoms with E-state index in [9.17, 15) is 9.18 Å². The molecule has 0 saturated carbocycles. The van der Waals surface area contributed by atoms with E-state index < -0.39 is 0 Å². The molecule has 0 aliphatic heterocycles. The van der Waals surface area contributed by atoms with Gasteiger partial charge in [0, 0.05) is 0 Å². The first-order chi connectivity index (χ1) is 9.06. The van der Waals surface area contributed by atoms with Gasteiger partial charge in [0.05, 0.1) is 17.9 Å². The molecule has 1 atom stereocenters. The molecule has 1 heterocycles.